The number of piperidine rings is 1. The highest BCUT2D eigenvalue weighted by molar-refractivity contribution is 5.78. The molecule has 10 nitrogen and oxygen atoms in total. The molecule has 4 rings (SSSR count). The molecular formula is C35H46F2N4O6. The molecule has 3 heterocycles. The maximum Gasteiger partial charge on any atom is 0.337 e. The third kappa shape index (κ3) is 8.94. The molecule has 1 N–H and O–H groups in total. The SMILES string of the molecule is C=CCOC1(C)CCN(c2c([C@H](OC(C)(C)C)C(=O)O)c(C)nc3cc(COCc4c(F)cc(F)cc4OC(C)CC=C)nn23)CC1. The van der Waals surface area contributed by atoms with Crippen molar-refractivity contribution in [2.75, 3.05) is 24.6 Å². The van der Waals surface area contributed by atoms with Crippen LogP contribution in [0.15, 0.2) is 43.5 Å². The summed E-state index contributed by atoms with van der Waals surface area (Å²) in [6, 6.07) is 3.67. The first kappa shape index (κ1) is 36.0. The maximum absolute atomic E-state index is 14.8. The summed E-state index contributed by atoms with van der Waals surface area (Å²) in [5.74, 6) is -2.05. The summed E-state index contributed by atoms with van der Waals surface area (Å²) in [6.07, 6.45) is 3.63. The van der Waals surface area contributed by atoms with E-state index >= 15 is 0 Å². The minimum absolute atomic E-state index is 0.0238. The molecule has 1 saturated heterocycles. The number of aromatic nitrogens is 3. The van der Waals surface area contributed by atoms with Crippen LogP contribution < -0.4 is 9.64 Å². The lowest BCUT2D eigenvalue weighted by Gasteiger charge is -2.41. The predicted molar refractivity (Wildman–Crippen MR) is 175 cm³/mol. The van der Waals surface area contributed by atoms with Crippen molar-refractivity contribution >= 4 is 17.4 Å². The Morgan fingerprint density at radius 3 is 2.47 bits per heavy atom. The average Bonchev–Trinajstić information content (AvgIpc) is 3.38. The van der Waals surface area contributed by atoms with Crippen molar-refractivity contribution in [3.8, 4) is 5.75 Å². The second kappa shape index (κ2) is 14.9. The molecule has 0 radical (unpaired) electrons. The van der Waals surface area contributed by atoms with E-state index in [9.17, 15) is 18.7 Å². The van der Waals surface area contributed by atoms with Gasteiger partial charge < -0.3 is 29.0 Å². The minimum atomic E-state index is -1.31. The van der Waals surface area contributed by atoms with Gasteiger partial charge in [0, 0.05) is 43.4 Å². The van der Waals surface area contributed by atoms with Gasteiger partial charge in [-0.15, -0.1) is 13.2 Å². The van der Waals surface area contributed by atoms with E-state index < -0.39 is 29.3 Å². The summed E-state index contributed by atoms with van der Waals surface area (Å²) >= 11 is 0. The zero-order chi connectivity index (χ0) is 34.5. The molecule has 1 aromatic carbocycles. The lowest BCUT2D eigenvalue weighted by atomic mass is 9.92. The van der Waals surface area contributed by atoms with Crippen LogP contribution in [0.5, 0.6) is 5.75 Å². The van der Waals surface area contributed by atoms with Gasteiger partial charge in [-0.25, -0.2) is 18.6 Å². The van der Waals surface area contributed by atoms with Gasteiger partial charge in [0.2, 0.25) is 0 Å². The molecule has 0 bridgehead atoms. The van der Waals surface area contributed by atoms with Crippen molar-refractivity contribution in [2.24, 2.45) is 0 Å². The predicted octanol–water partition coefficient (Wildman–Crippen LogP) is 6.88. The van der Waals surface area contributed by atoms with Crippen LogP contribution in [0.2, 0.25) is 0 Å². The highest BCUT2D eigenvalue weighted by Crippen LogP contribution is 2.38. The van der Waals surface area contributed by atoms with Gasteiger partial charge in [0.05, 0.1) is 53.9 Å². The van der Waals surface area contributed by atoms with Crippen molar-refractivity contribution in [1.82, 2.24) is 14.6 Å². The minimum Gasteiger partial charge on any atom is -0.490 e. The lowest BCUT2D eigenvalue weighted by Crippen LogP contribution is -2.45. The molecule has 12 heteroatoms. The first-order valence-corrected chi connectivity index (χ1v) is 15.8. The molecular weight excluding hydrogens is 610 g/mol. The van der Waals surface area contributed by atoms with Gasteiger partial charge in [-0.1, -0.05) is 12.2 Å². The Hall–Kier alpha value is -3.87. The third-order valence-corrected chi connectivity index (χ3v) is 7.93. The lowest BCUT2D eigenvalue weighted by molar-refractivity contribution is -0.160. The summed E-state index contributed by atoms with van der Waals surface area (Å²) in [4.78, 5) is 19.5. The van der Waals surface area contributed by atoms with Gasteiger partial charge in [0.1, 0.15) is 23.2 Å². The Labute approximate surface area is 275 Å². The van der Waals surface area contributed by atoms with Gasteiger partial charge in [-0.3, -0.25) is 0 Å². The number of hydrogen-bond acceptors (Lipinski definition) is 8. The van der Waals surface area contributed by atoms with Crippen LogP contribution in [-0.2, 0) is 32.2 Å². The van der Waals surface area contributed by atoms with Crippen LogP contribution in [-0.4, -0.2) is 62.7 Å². The Kier molecular flexibility index (Phi) is 11.4. The normalized spacial score (nSPS) is 16.2. The molecule has 0 saturated carbocycles. The average molecular weight is 657 g/mol. The first-order chi connectivity index (χ1) is 22.1. The van der Waals surface area contributed by atoms with Crippen LogP contribution in [0, 0.1) is 18.6 Å². The zero-order valence-electron chi connectivity index (χ0n) is 28.1. The van der Waals surface area contributed by atoms with Crippen LogP contribution in [0.1, 0.15) is 82.5 Å². The summed E-state index contributed by atoms with van der Waals surface area (Å²) in [5.41, 5.74) is 0.857. The van der Waals surface area contributed by atoms with Crippen molar-refractivity contribution in [3.05, 3.63) is 77.7 Å². The highest BCUT2D eigenvalue weighted by Gasteiger charge is 2.37. The number of carboxylic acids is 1. The van der Waals surface area contributed by atoms with Gasteiger partial charge in [0.15, 0.2) is 11.8 Å². The quantitative estimate of drug-likeness (QED) is 0.175. The standard InChI is InChI=1S/C35H46F2N4O6/c1-9-11-22(3)46-28-18-24(36)17-27(37)26(28)21-44-20-25-19-29-38-23(4)30(31(33(42)43)47-34(5,6)7)32(41(29)39-25)40-14-12-35(8,13-15-40)45-16-10-2/h9-10,17-19,22,31H,1-2,11-16,20-21H2,3-8H3,(H,42,43)/t22?,31-/m0/s1. The van der Waals surface area contributed by atoms with Gasteiger partial charge in [0.25, 0.3) is 0 Å². The number of benzene rings is 1. The maximum atomic E-state index is 14.8. The monoisotopic (exact) mass is 656 g/mol. The fraction of sp³-hybridized carbons (Fsp3) is 0.514. The Balaban J connectivity index is 1.68. The number of aliphatic carboxylic acids is 1. The topological polar surface area (TPSA) is 108 Å². The summed E-state index contributed by atoms with van der Waals surface area (Å²) in [6.45, 7) is 19.8. The zero-order valence-corrected chi connectivity index (χ0v) is 28.1. The van der Waals surface area contributed by atoms with Gasteiger partial charge >= 0.3 is 5.97 Å². The van der Waals surface area contributed by atoms with Crippen molar-refractivity contribution in [1.29, 1.82) is 0 Å². The molecule has 0 aliphatic carbocycles. The van der Waals surface area contributed by atoms with E-state index in [4.69, 9.17) is 29.0 Å². The summed E-state index contributed by atoms with van der Waals surface area (Å²) < 4.78 is 54.3. The smallest absolute Gasteiger partial charge is 0.337 e. The van der Waals surface area contributed by atoms with E-state index in [2.05, 4.69) is 25.0 Å². The van der Waals surface area contributed by atoms with Gasteiger partial charge in [-0.2, -0.15) is 9.61 Å². The van der Waals surface area contributed by atoms with Gasteiger partial charge in [-0.05, 0) is 54.4 Å². The molecule has 0 spiro atoms. The number of anilines is 1. The molecule has 2 aromatic heterocycles. The number of nitrogens with zero attached hydrogens (tertiary/aromatic N) is 4. The van der Waals surface area contributed by atoms with E-state index in [0.29, 0.717) is 67.4 Å². The number of ether oxygens (including phenoxy) is 4. The van der Waals surface area contributed by atoms with Crippen LogP contribution in [0.25, 0.3) is 5.65 Å². The van der Waals surface area contributed by atoms with Crippen LogP contribution in [0.3, 0.4) is 0 Å². The number of carbonyl (C=O) groups is 1. The molecule has 1 unspecified atom stereocenters. The molecule has 2 atom stereocenters. The fourth-order valence-electron chi connectivity index (χ4n) is 5.61. The Bertz CT molecular complexity index is 1590. The molecule has 1 aliphatic heterocycles. The molecule has 47 heavy (non-hydrogen) atoms. The number of aryl methyl sites for hydroxylation is 1. The summed E-state index contributed by atoms with van der Waals surface area (Å²) in [5, 5.41) is 15.1. The number of rotatable bonds is 15. The van der Waals surface area contributed by atoms with Crippen molar-refractivity contribution in [2.45, 2.75) is 97.4 Å². The number of fused-ring (bicyclic) bond motifs is 1. The summed E-state index contributed by atoms with van der Waals surface area (Å²) in [7, 11) is 0. The molecule has 3 aromatic rings. The van der Waals surface area contributed by atoms with Crippen LogP contribution >= 0.6 is 0 Å². The highest BCUT2D eigenvalue weighted by atomic mass is 19.1. The van der Waals surface area contributed by atoms with Crippen molar-refractivity contribution in [3.63, 3.8) is 0 Å². The van der Waals surface area contributed by atoms with E-state index in [0.717, 1.165) is 12.1 Å². The largest absolute Gasteiger partial charge is 0.490 e. The second-order valence-corrected chi connectivity index (χ2v) is 13.1. The van der Waals surface area contributed by atoms with E-state index in [-0.39, 0.29) is 36.2 Å². The Morgan fingerprint density at radius 1 is 1.15 bits per heavy atom. The Morgan fingerprint density at radius 2 is 1.85 bits per heavy atom. The molecule has 0 amide bonds. The van der Waals surface area contributed by atoms with E-state index in [1.54, 1.807) is 57.4 Å². The second-order valence-electron chi connectivity index (χ2n) is 13.1. The van der Waals surface area contributed by atoms with Crippen molar-refractivity contribution < 1.29 is 37.6 Å². The number of hydrogen-bond donors (Lipinski definition) is 1. The van der Waals surface area contributed by atoms with Crippen LogP contribution in [0.4, 0.5) is 14.6 Å². The molecule has 1 aliphatic rings. The number of halogens is 2. The van der Waals surface area contributed by atoms with E-state index in [1.165, 1.54) is 0 Å². The fourth-order valence-corrected chi connectivity index (χ4v) is 5.61. The molecule has 1 fully saturated rings. The number of carboxylic acid groups (broad SMARTS) is 1. The first-order valence-electron chi connectivity index (χ1n) is 15.8. The van der Waals surface area contributed by atoms with E-state index in [1.807, 2.05) is 0 Å². The third-order valence-electron chi connectivity index (χ3n) is 7.93. The molecule has 256 valence electrons.